The minimum Gasteiger partial charge on any atom is -0.294 e. The van der Waals surface area contributed by atoms with Crippen molar-refractivity contribution in [3.05, 3.63) is 61.2 Å². The molecule has 0 radical (unpaired) electrons. The number of pyridine rings is 1. The van der Waals surface area contributed by atoms with Gasteiger partial charge in [0.15, 0.2) is 5.78 Å². The topological polar surface area (TPSA) is 30.0 Å². The van der Waals surface area contributed by atoms with Crippen molar-refractivity contribution >= 4 is 53.6 Å². The molecule has 2 aromatic rings. The van der Waals surface area contributed by atoms with Gasteiger partial charge < -0.3 is 0 Å². The molecule has 2 rings (SSSR count). The highest BCUT2D eigenvalue weighted by molar-refractivity contribution is 9.11. The van der Waals surface area contributed by atoms with E-state index >= 15 is 0 Å². The molecule has 92 valence electrons. The molecule has 5 heteroatoms. The lowest BCUT2D eigenvalue weighted by molar-refractivity contribution is 0.0991. The van der Waals surface area contributed by atoms with Crippen molar-refractivity contribution in [2.45, 2.75) is 6.42 Å². The Bertz CT molecular complexity index is 581. The Kier molecular flexibility index (Phi) is 4.70. The monoisotopic (exact) mass is 431 g/mol. The summed E-state index contributed by atoms with van der Waals surface area (Å²) < 4.78 is 2.59. The van der Waals surface area contributed by atoms with Crippen LogP contribution in [0.4, 0.5) is 0 Å². The minimum atomic E-state index is 0.0398. The zero-order chi connectivity index (χ0) is 13.1. The van der Waals surface area contributed by atoms with Crippen LogP contribution in [0.1, 0.15) is 16.1 Å². The van der Waals surface area contributed by atoms with Crippen LogP contribution < -0.4 is 0 Å². The molecule has 0 unspecified atom stereocenters. The number of carbonyl (C=O) groups excluding carboxylic acids is 1. The van der Waals surface area contributed by atoms with Crippen LogP contribution in [0, 0.1) is 0 Å². The van der Waals surface area contributed by atoms with Gasteiger partial charge >= 0.3 is 0 Å². The fourth-order valence-electron chi connectivity index (χ4n) is 1.48. The molecular weight excluding hydrogens is 426 g/mol. The molecule has 0 bridgehead atoms. The first kappa shape index (κ1) is 13.9. The van der Waals surface area contributed by atoms with Gasteiger partial charge in [-0.2, -0.15) is 0 Å². The van der Waals surface area contributed by atoms with E-state index in [1.807, 2.05) is 30.3 Å². The van der Waals surface area contributed by atoms with Crippen LogP contribution in [-0.2, 0) is 6.42 Å². The second-order valence-electron chi connectivity index (χ2n) is 3.69. The lowest BCUT2D eigenvalue weighted by atomic mass is 10.1. The van der Waals surface area contributed by atoms with Gasteiger partial charge in [-0.05, 0) is 46.3 Å². The fourth-order valence-corrected chi connectivity index (χ4v) is 2.55. The predicted molar refractivity (Wildman–Crippen MR) is 81.8 cm³/mol. The summed E-state index contributed by atoms with van der Waals surface area (Å²) in [5, 5.41) is 0. The average molecular weight is 434 g/mol. The van der Waals surface area contributed by atoms with Gasteiger partial charge in [0, 0.05) is 30.9 Å². The molecule has 1 aromatic carbocycles. The molecule has 0 aliphatic heterocycles. The number of hydrogen-bond acceptors (Lipinski definition) is 2. The van der Waals surface area contributed by atoms with Gasteiger partial charge in [-0.1, -0.05) is 31.9 Å². The molecule has 0 aliphatic rings. The average Bonchev–Trinajstić information content (AvgIpc) is 2.35. The Morgan fingerprint density at radius 3 is 2.44 bits per heavy atom. The first-order chi connectivity index (χ1) is 8.56. The highest BCUT2D eigenvalue weighted by Crippen LogP contribution is 2.23. The van der Waals surface area contributed by atoms with E-state index in [0.717, 1.165) is 19.1 Å². The Balaban J connectivity index is 2.21. The number of halogens is 3. The van der Waals surface area contributed by atoms with E-state index in [0.29, 0.717) is 12.0 Å². The second kappa shape index (κ2) is 6.08. The molecule has 0 atom stereocenters. The van der Waals surface area contributed by atoms with Crippen LogP contribution >= 0.6 is 47.8 Å². The highest BCUT2D eigenvalue weighted by Gasteiger charge is 2.12. The van der Waals surface area contributed by atoms with Gasteiger partial charge in [0.05, 0.1) is 6.42 Å². The zero-order valence-corrected chi connectivity index (χ0v) is 13.9. The van der Waals surface area contributed by atoms with Crippen LogP contribution in [0.5, 0.6) is 0 Å². The van der Waals surface area contributed by atoms with Gasteiger partial charge in [0.2, 0.25) is 0 Å². The number of Topliss-reactive ketones (excluding diaryl/α,β-unsaturated/α-hetero) is 1. The third-order valence-electron chi connectivity index (χ3n) is 2.36. The maximum absolute atomic E-state index is 12.2. The molecule has 0 N–H and O–H groups in total. The van der Waals surface area contributed by atoms with Crippen molar-refractivity contribution in [3.63, 3.8) is 0 Å². The summed E-state index contributed by atoms with van der Waals surface area (Å²) in [4.78, 5) is 16.4. The van der Waals surface area contributed by atoms with Gasteiger partial charge in [-0.15, -0.1) is 0 Å². The van der Waals surface area contributed by atoms with Gasteiger partial charge in [-0.25, -0.2) is 0 Å². The SMILES string of the molecule is O=C(Cc1ccc(Br)cn1)c1cc(Br)ccc1Br. The summed E-state index contributed by atoms with van der Waals surface area (Å²) >= 11 is 10.1. The number of rotatable bonds is 3. The van der Waals surface area contributed by atoms with Gasteiger partial charge in [0.1, 0.15) is 0 Å². The smallest absolute Gasteiger partial charge is 0.169 e. The number of carbonyl (C=O) groups is 1. The Morgan fingerprint density at radius 1 is 1.06 bits per heavy atom. The van der Waals surface area contributed by atoms with Crippen molar-refractivity contribution in [3.8, 4) is 0 Å². The molecule has 1 aromatic heterocycles. The molecule has 2 nitrogen and oxygen atoms in total. The molecule has 18 heavy (non-hydrogen) atoms. The fraction of sp³-hybridized carbons (Fsp3) is 0.0769. The Labute approximate surface area is 130 Å². The van der Waals surface area contributed by atoms with E-state index in [-0.39, 0.29) is 5.78 Å². The quantitative estimate of drug-likeness (QED) is 0.651. The molecule has 1 heterocycles. The summed E-state index contributed by atoms with van der Waals surface area (Å²) in [7, 11) is 0. The molecule has 0 saturated carbocycles. The second-order valence-corrected chi connectivity index (χ2v) is 6.38. The number of aromatic nitrogens is 1. The van der Waals surface area contributed by atoms with Crippen molar-refractivity contribution < 1.29 is 4.79 Å². The largest absolute Gasteiger partial charge is 0.294 e. The Hall–Kier alpha value is -0.520. The van der Waals surface area contributed by atoms with E-state index in [1.54, 1.807) is 6.20 Å². The number of nitrogens with zero attached hydrogens (tertiary/aromatic N) is 1. The number of ketones is 1. The summed E-state index contributed by atoms with van der Waals surface area (Å²) in [5.41, 5.74) is 1.42. The van der Waals surface area contributed by atoms with Crippen LogP contribution in [0.2, 0.25) is 0 Å². The van der Waals surface area contributed by atoms with Crippen LogP contribution in [-0.4, -0.2) is 10.8 Å². The molecule has 0 amide bonds. The van der Waals surface area contributed by atoms with Crippen LogP contribution in [0.15, 0.2) is 49.9 Å². The van der Waals surface area contributed by atoms with Crippen LogP contribution in [0.25, 0.3) is 0 Å². The van der Waals surface area contributed by atoms with E-state index in [2.05, 4.69) is 52.8 Å². The van der Waals surface area contributed by atoms with Gasteiger partial charge in [-0.3, -0.25) is 9.78 Å². The van der Waals surface area contributed by atoms with Crippen molar-refractivity contribution in [1.82, 2.24) is 4.98 Å². The maximum Gasteiger partial charge on any atom is 0.169 e. The molecule has 0 aliphatic carbocycles. The van der Waals surface area contributed by atoms with E-state index < -0.39 is 0 Å². The Morgan fingerprint density at radius 2 is 1.78 bits per heavy atom. The third kappa shape index (κ3) is 3.49. The van der Waals surface area contributed by atoms with Crippen molar-refractivity contribution in [2.24, 2.45) is 0 Å². The lowest BCUT2D eigenvalue weighted by Gasteiger charge is -2.04. The van der Waals surface area contributed by atoms with E-state index in [4.69, 9.17) is 0 Å². The lowest BCUT2D eigenvalue weighted by Crippen LogP contribution is -2.05. The van der Waals surface area contributed by atoms with E-state index in [9.17, 15) is 4.79 Å². The van der Waals surface area contributed by atoms with Crippen molar-refractivity contribution in [1.29, 1.82) is 0 Å². The minimum absolute atomic E-state index is 0.0398. The molecule has 0 saturated heterocycles. The number of benzene rings is 1. The third-order valence-corrected chi connectivity index (χ3v) is 4.01. The molecule has 0 spiro atoms. The van der Waals surface area contributed by atoms with Crippen LogP contribution in [0.3, 0.4) is 0 Å². The van der Waals surface area contributed by atoms with Crippen molar-refractivity contribution in [2.75, 3.05) is 0 Å². The molecular formula is C13H8Br3NO. The normalized spacial score (nSPS) is 10.4. The van der Waals surface area contributed by atoms with Gasteiger partial charge in [0.25, 0.3) is 0 Å². The summed E-state index contributed by atoms with van der Waals surface area (Å²) in [5.74, 6) is 0.0398. The standard InChI is InChI=1S/C13H8Br3NO/c14-8-2-4-12(16)11(5-8)13(18)6-10-3-1-9(15)7-17-10/h1-5,7H,6H2. The summed E-state index contributed by atoms with van der Waals surface area (Å²) in [6, 6.07) is 9.27. The molecule has 0 fully saturated rings. The summed E-state index contributed by atoms with van der Waals surface area (Å²) in [6.45, 7) is 0. The predicted octanol–water partition coefficient (Wildman–Crippen LogP) is 4.79. The maximum atomic E-state index is 12.2. The number of hydrogen-bond donors (Lipinski definition) is 0. The first-order valence-corrected chi connectivity index (χ1v) is 7.53. The first-order valence-electron chi connectivity index (χ1n) is 5.15. The summed E-state index contributed by atoms with van der Waals surface area (Å²) in [6.07, 6.45) is 1.99. The van der Waals surface area contributed by atoms with E-state index in [1.165, 1.54) is 0 Å². The zero-order valence-electron chi connectivity index (χ0n) is 9.16. The highest BCUT2D eigenvalue weighted by atomic mass is 79.9.